The number of aromatic nitrogens is 2. The van der Waals surface area contributed by atoms with Gasteiger partial charge in [-0.25, -0.2) is 0 Å². The maximum absolute atomic E-state index is 11.8. The van der Waals surface area contributed by atoms with E-state index >= 15 is 0 Å². The van der Waals surface area contributed by atoms with Gasteiger partial charge in [-0.2, -0.15) is 4.68 Å². The summed E-state index contributed by atoms with van der Waals surface area (Å²) >= 11 is 3.05. The normalized spacial score (nSPS) is 12.2. The van der Waals surface area contributed by atoms with Crippen molar-refractivity contribution in [3.05, 3.63) is 20.8 Å². The number of carbonyl (C=O) groups is 1. The molecular formula is C11H17BrN4O3. The molecule has 0 aromatic carbocycles. The summed E-state index contributed by atoms with van der Waals surface area (Å²) in [5.41, 5.74) is 0. The van der Waals surface area contributed by atoms with E-state index in [9.17, 15) is 14.9 Å². The number of amides is 1. The molecule has 19 heavy (non-hydrogen) atoms. The van der Waals surface area contributed by atoms with Crippen LogP contribution in [0.4, 0.5) is 5.82 Å². The van der Waals surface area contributed by atoms with E-state index in [1.54, 1.807) is 6.92 Å². The Morgan fingerprint density at radius 1 is 1.63 bits per heavy atom. The van der Waals surface area contributed by atoms with E-state index in [1.165, 1.54) is 10.9 Å². The number of nitro groups is 1. The summed E-state index contributed by atoms with van der Waals surface area (Å²) in [4.78, 5) is 21.9. The van der Waals surface area contributed by atoms with Crippen molar-refractivity contribution >= 4 is 27.7 Å². The quantitative estimate of drug-likeness (QED) is 0.471. The first kappa shape index (κ1) is 15.6. The van der Waals surface area contributed by atoms with Crippen molar-refractivity contribution in [2.45, 2.75) is 39.2 Å². The number of hydrogen-bond acceptors (Lipinski definition) is 4. The van der Waals surface area contributed by atoms with Crippen molar-refractivity contribution in [2.75, 3.05) is 6.54 Å². The number of nitrogens with one attached hydrogen (secondary N) is 1. The van der Waals surface area contributed by atoms with Crippen LogP contribution >= 0.6 is 15.9 Å². The molecule has 0 fully saturated rings. The Kier molecular flexibility index (Phi) is 5.94. The van der Waals surface area contributed by atoms with Gasteiger partial charge in [-0.3, -0.25) is 4.79 Å². The van der Waals surface area contributed by atoms with Gasteiger partial charge in [0, 0.05) is 6.54 Å². The van der Waals surface area contributed by atoms with Gasteiger partial charge in [-0.1, -0.05) is 19.8 Å². The third kappa shape index (κ3) is 4.30. The number of rotatable bonds is 7. The van der Waals surface area contributed by atoms with Crippen LogP contribution in [0.2, 0.25) is 0 Å². The molecule has 8 heteroatoms. The van der Waals surface area contributed by atoms with E-state index in [0.29, 0.717) is 6.54 Å². The zero-order valence-electron chi connectivity index (χ0n) is 10.9. The maximum atomic E-state index is 11.8. The van der Waals surface area contributed by atoms with Gasteiger partial charge in [0.1, 0.15) is 10.5 Å². The van der Waals surface area contributed by atoms with Crippen LogP contribution in [-0.4, -0.2) is 27.2 Å². The highest BCUT2D eigenvalue weighted by Crippen LogP contribution is 2.23. The number of halogens is 1. The molecule has 0 aliphatic heterocycles. The number of carbonyl (C=O) groups excluding carboxylic acids is 1. The van der Waals surface area contributed by atoms with Crippen LogP contribution in [-0.2, 0) is 4.79 Å². The molecule has 1 amide bonds. The summed E-state index contributed by atoms with van der Waals surface area (Å²) in [6.07, 6.45) is 4.52. The van der Waals surface area contributed by atoms with Gasteiger partial charge in [0.25, 0.3) is 0 Å². The number of hydrogen-bond donors (Lipinski definition) is 1. The Labute approximate surface area is 119 Å². The van der Waals surface area contributed by atoms with Crippen LogP contribution in [0.5, 0.6) is 0 Å². The first-order chi connectivity index (χ1) is 8.97. The molecule has 0 radical (unpaired) electrons. The lowest BCUT2D eigenvalue weighted by molar-refractivity contribution is -0.390. The number of unbranched alkanes of at least 4 members (excludes halogenated alkanes) is 2. The molecule has 1 unspecified atom stereocenters. The molecule has 1 aromatic heterocycles. The zero-order valence-corrected chi connectivity index (χ0v) is 12.5. The van der Waals surface area contributed by atoms with Crippen LogP contribution in [0.3, 0.4) is 0 Å². The first-order valence-corrected chi connectivity index (χ1v) is 6.93. The van der Waals surface area contributed by atoms with Gasteiger partial charge in [0.2, 0.25) is 5.91 Å². The predicted molar refractivity (Wildman–Crippen MR) is 73.8 cm³/mol. The van der Waals surface area contributed by atoms with Crippen LogP contribution < -0.4 is 5.32 Å². The van der Waals surface area contributed by atoms with Gasteiger partial charge < -0.3 is 15.4 Å². The highest BCUT2D eigenvalue weighted by Gasteiger charge is 2.24. The average molecular weight is 333 g/mol. The molecule has 1 N–H and O–H groups in total. The molecule has 106 valence electrons. The third-order valence-electron chi connectivity index (χ3n) is 2.70. The fourth-order valence-electron chi connectivity index (χ4n) is 1.54. The zero-order chi connectivity index (χ0) is 14.4. The van der Waals surface area contributed by atoms with Crippen LogP contribution in [0, 0.1) is 10.1 Å². The summed E-state index contributed by atoms with van der Waals surface area (Å²) in [7, 11) is 0. The van der Waals surface area contributed by atoms with Crippen molar-refractivity contribution < 1.29 is 9.72 Å². The molecule has 0 saturated carbocycles. The molecule has 0 aliphatic carbocycles. The largest absolute Gasteiger partial charge is 0.404 e. The van der Waals surface area contributed by atoms with E-state index in [0.717, 1.165) is 19.3 Å². The second-order valence-electron chi connectivity index (χ2n) is 4.21. The van der Waals surface area contributed by atoms with E-state index < -0.39 is 11.0 Å². The summed E-state index contributed by atoms with van der Waals surface area (Å²) in [6, 6.07) is -0.577. The SMILES string of the molecule is CCCCCNC(=O)C(C)n1cc(Br)c([N+](=O)[O-])n1. The second kappa shape index (κ2) is 7.22. The van der Waals surface area contributed by atoms with Crippen LogP contribution in [0.1, 0.15) is 39.2 Å². The van der Waals surface area contributed by atoms with E-state index in [2.05, 4.69) is 33.3 Å². The van der Waals surface area contributed by atoms with Crippen molar-refractivity contribution in [1.82, 2.24) is 15.1 Å². The van der Waals surface area contributed by atoms with Crippen molar-refractivity contribution in [3.63, 3.8) is 0 Å². The van der Waals surface area contributed by atoms with Gasteiger partial charge in [0.05, 0.1) is 11.3 Å². The Morgan fingerprint density at radius 2 is 2.32 bits per heavy atom. The number of nitrogens with zero attached hydrogens (tertiary/aromatic N) is 3. The summed E-state index contributed by atoms with van der Waals surface area (Å²) in [5.74, 6) is -0.480. The molecule has 1 rings (SSSR count). The molecule has 0 spiro atoms. The van der Waals surface area contributed by atoms with Gasteiger partial charge in [-0.05, 0) is 34.2 Å². The maximum Gasteiger partial charge on any atom is 0.404 e. The van der Waals surface area contributed by atoms with Crippen molar-refractivity contribution in [2.24, 2.45) is 0 Å². The fraction of sp³-hybridized carbons (Fsp3) is 0.636. The summed E-state index contributed by atoms with van der Waals surface area (Å²) in [6.45, 7) is 4.35. The van der Waals surface area contributed by atoms with Crippen LogP contribution in [0.25, 0.3) is 0 Å². The molecule has 1 heterocycles. The van der Waals surface area contributed by atoms with Gasteiger partial charge in [-0.15, -0.1) is 0 Å². The topological polar surface area (TPSA) is 90.1 Å². The van der Waals surface area contributed by atoms with Gasteiger partial charge >= 0.3 is 5.82 Å². The lowest BCUT2D eigenvalue weighted by Crippen LogP contribution is -2.32. The molecule has 7 nitrogen and oxygen atoms in total. The molecule has 1 atom stereocenters. The molecule has 0 bridgehead atoms. The van der Waals surface area contributed by atoms with Crippen LogP contribution in [0.15, 0.2) is 10.7 Å². The van der Waals surface area contributed by atoms with E-state index in [4.69, 9.17) is 0 Å². The third-order valence-corrected chi connectivity index (χ3v) is 3.26. The highest BCUT2D eigenvalue weighted by atomic mass is 79.9. The Hall–Kier alpha value is -1.44. The lowest BCUT2D eigenvalue weighted by atomic mass is 10.2. The molecule has 0 aliphatic rings. The second-order valence-corrected chi connectivity index (χ2v) is 5.07. The lowest BCUT2D eigenvalue weighted by Gasteiger charge is -2.09. The van der Waals surface area contributed by atoms with Crippen molar-refractivity contribution in [1.29, 1.82) is 0 Å². The summed E-state index contributed by atoms with van der Waals surface area (Å²) in [5, 5.41) is 17.2. The van der Waals surface area contributed by atoms with E-state index in [1.807, 2.05) is 0 Å². The van der Waals surface area contributed by atoms with E-state index in [-0.39, 0.29) is 16.2 Å². The van der Waals surface area contributed by atoms with Gasteiger partial charge in [0.15, 0.2) is 0 Å². The van der Waals surface area contributed by atoms with Crippen molar-refractivity contribution in [3.8, 4) is 0 Å². The minimum absolute atomic E-state index is 0.194. The molecular weight excluding hydrogens is 316 g/mol. The Bertz CT molecular complexity index is 461. The average Bonchev–Trinajstić information content (AvgIpc) is 2.75. The monoisotopic (exact) mass is 332 g/mol. The first-order valence-electron chi connectivity index (χ1n) is 6.14. The minimum Gasteiger partial charge on any atom is -0.358 e. The molecule has 1 aromatic rings. The standard InChI is InChI=1S/C11H17BrN4O3/c1-3-4-5-6-13-11(17)8(2)15-7-9(12)10(14-15)16(18)19/h7-8H,3-6H2,1-2H3,(H,13,17). The summed E-state index contributed by atoms with van der Waals surface area (Å²) < 4.78 is 1.56. The Balaban J connectivity index is 2.61. The highest BCUT2D eigenvalue weighted by molar-refractivity contribution is 9.10. The minimum atomic E-state index is -0.591. The smallest absolute Gasteiger partial charge is 0.358 e. The fourth-order valence-corrected chi connectivity index (χ4v) is 1.97. The predicted octanol–water partition coefficient (Wildman–Crippen LogP) is 2.42. The molecule has 0 saturated heterocycles. The Morgan fingerprint density at radius 3 is 2.84 bits per heavy atom.